The van der Waals surface area contributed by atoms with E-state index in [0.29, 0.717) is 69.5 Å². The number of rotatable bonds is 21. The number of aromatic nitrogens is 1. The standard InChI is InChI=1S/C46H50N2O10/c1-5-53-41(45(49)50)27-31-7-19-37(20-8-31)55-25-23-39-29(3)57-43(47-39)35-15-11-33(12-16-35)34-13-17-36(18-14-34)44-48-40(30(4)58-44)24-26-56-38-21-9-32(10-22-38)28-42(46(51)52)54-6-2/h7-22,41-43,47H,5-6,23-28H2,1-4H3,(H,49,50)(H,51,52). The Morgan fingerprint density at radius 3 is 1.67 bits per heavy atom. The maximum Gasteiger partial charge on any atom is 0.333 e. The number of carbonyl (C=O) groups is 2. The van der Waals surface area contributed by atoms with E-state index in [-0.39, 0.29) is 6.23 Å². The number of hydrogen-bond acceptors (Lipinski definition) is 10. The Labute approximate surface area is 338 Å². The molecule has 1 aromatic heterocycles. The first-order valence-corrected chi connectivity index (χ1v) is 19.5. The van der Waals surface area contributed by atoms with Gasteiger partial charge in [-0.1, -0.05) is 60.7 Å². The minimum absolute atomic E-state index is 0.291. The summed E-state index contributed by atoms with van der Waals surface area (Å²) in [4.78, 5) is 27.5. The predicted octanol–water partition coefficient (Wildman–Crippen LogP) is 8.32. The molecule has 1 aliphatic rings. The summed E-state index contributed by atoms with van der Waals surface area (Å²) in [6, 6.07) is 31.2. The number of allylic oxidation sites excluding steroid dienone is 1. The molecule has 2 heterocycles. The second kappa shape index (κ2) is 19.8. The van der Waals surface area contributed by atoms with Gasteiger partial charge in [0.15, 0.2) is 18.4 Å². The van der Waals surface area contributed by atoms with Crippen LogP contribution in [0.5, 0.6) is 11.5 Å². The normalized spacial score (nSPS) is 14.7. The van der Waals surface area contributed by atoms with Crippen molar-refractivity contribution in [3.05, 3.63) is 137 Å². The molecule has 0 spiro atoms. The molecule has 304 valence electrons. The number of oxazole rings is 1. The second-order valence-corrected chi connectivity index (χ2v) is 13.9. The Morgan fingerprint density at radius 2 is 1.17 bits per heavy atom. The summed E-state index contributed by atoms with van der Waals surface area (Å²) < 4.78 is 34.7. The number of carboxylic acids is 2. The summed E-state index contributed by atoms with van der Waals surface area (Å²) in [6.07, 6.45) is -0.232. The highest BCUT2D eigenvalue weighted by atomic mass is 16.5. The van der Waals surface area contributed by atoms with Crippen molar-refractivity contribution in [3.63, 3.8) is 0 Å². The summed E-state index contributed by atoms with van der Waals surface area (Å²) in [5.74, 6) is 1.58. The molecule has 0 aliphatic carbocycles. The summed E-state index contributed by atoms with van der Waals surface area (Å²) in [6.45, 7) is 8.96. The number of benzene rings is 4. The van der Waals surface area contributed by atoms with E-state index in [1.807, 2.05) is 74.5 Å². The van der Waals surface area contributed by atoms with E-state index >= 15 is 0 Å². The van der Waals surface area contributed by atoms with Gasteiger partial charge in [-0.25, -0.2) is 14.6 Å². The number of aryl methyl sites for hydroxylation is 1. The lowest BCUT2D eigenvalue weighted by atomic mass is 10.0. The van der Waals surface area contributed by atoms with E-state index in [9.17, 15) is 19.8 Å². The lowest BCUT2D eigenvalue weighted by Gasteiger charge is -2.14. The zero-order valence-corrected chi connectivity index (χ0v) is 33.2. The Hall–Kier alpha value is -6.11. The third-order valence-corrected chi connectivity index (χ3v) is 9.80. The van der Waals surface area contributed by atoms with Gasteiger partial charge in [0.05, 0.1) is 24.6 Å². The molecule has 0 saturated carbocycles. The first kappa shape index (κ1) is 41.5. The predicted molar refractivity (Wildman–Crippen MR) is 217 cm³/mol. The van der Waals surface area contributed by atoms with Crippen molar-refractivity contribution in [2.45, 2.75) is 71.8 Å². The van der Waals surface area contributed by atoms with Gasteiger partial charge in [-0.3, -0.25) is 0 Å². The van der Waals surface area contributed by atoms with E-state index in [1.54, 1.807) is 13.8 Å². The molecule has 4 aromatic carbocycles. The van der Waals surface area contributed by atoms with Crippen LogP contribution in [0.1, 0.15) is 61.6 Å². The highest BCUT2D eigenvalue weighted by molar-refractivity contribution is 5.73. The zero-order chi connectivity index (χ0) is 41.0. The molecular formula is C46H50N2O10. The van der Waals surface area contributed by atoms with Crippen LogP contribution in [0.4, 0.5) is 0 Å². The van der Waals surface area contributed by atoms with Crippen LogP contribution in [0, 0.1) is 6.92 Å². The summed E-state index contributed by atoms with van der Waals surface area (Å²) in [7, 11) is 0. The number of carboxylic acid groups (broad SMARTS) is 2. The molecule has 3 N–H and O–H groups in total. The molecule has 58 heavy (non-hydrogen) atoms. The van der Waals surface area contributed by atoms with Gasteiger partial charge in [0.2, 0.25) is 5.89 Å². The molecule has 0 radical (unpaired) electrons. The molecule has 0 fully saturated rings. The van der Waals surface area contributed by atoms with Crippen LogP contribution in [0.3, 0.4) is 0 Å². The number of hydrogen-bond donors (Lipinski definition) is 3. The van der Waals surface area contributed by atoms with Crippen molar-refractivity contribution in [2.24, 2.45) is 0 Å². The van der Waals surface area contributed by atoms with Crippen LogP contribution >= 0.6 is 0 Å². The molecule has 1 aliphatic heterocycles. The Balaban J connectivity index is 0.953. The highest BCUT2D eigenvalue weighted by Crippen LogP contribution is 2.31. The van der Waals surface area contributed by atoms with Crippen LogP contribution in [-0.2, 0) is 43.1 Å². The molecule has 3 unspecified atom stereocenters. The fraction of sp³-hybridized carbons (Fsp3) is 0.326. The van der Waals surface area contributed by atoms with E-state index in [0.717, 1.165) is 56.3 Å². The van der Waals surface area contributed by atoms with Gasteiger partial charge in [0.25, 0.3) is 0 Å². The maximum atomic E-state index is 11.4. The van der Waals surface area contributed by atoms with Gasteiger partial charge < -0.3 is 43.6 Å². The maximum absolute atomic E-state index is 11.4. The van der Waals surface area contributed by atoms with Crippen molar-refractivity contribution in [2.75, 3.05) is 26.4 Å². The molecule has 12 heteroatoms. The van der Waals surface area contributed by atoms with E-state index < -0.39 is 24.1 Å². The van der Waals surface area contributed by atoms with Crippen LogP contribution < -0.4 is 14.8 Å². The van der Waals surface area contributed by atoms with Crippen molar-refractivity contribution in [1.82, 2.24) is 10.3 Å². The van der Waals surface area contributed by atoms with Crippen LogP contribution in [0.2, 0.25) is 0 Å². The average molecular weight is 791 g/mol. The van der Waals surface area contributed by atoms with E-state index in [4.69, 9.17) is 33.1 Å². The molecule has 0 bridgehead atoms. The first-order valence-electron chi connectivity index (χ1n) is 19.5. The molecule has 5 aromatic rings. The summed E-state index contributed by atoms with van der Waals surface area (Å²) in [5, 5.41) is 22.2. The van der Waals surface area contributed by atoms with E-state index in [1.165, 1.54) is 0 Å². The number of nitrogens with zero attached hydrogens (tertiary/aromatic N) is 1. The number of ether oxygens (including phenoxy) is 5. The first-order chi connectivity index (χ1) is 28.1. The Morgan fingerprint density at radius 1 is 0.690 bits per heavy atom. The summed E-state index contributed by atoms with van der Waals surface area (Å²) in [5.41, 5.74) is 7.56. The van der Waals surface area contributed by atoms with Gasteiger partial charge in [-0.15, -0.1) is 0 Å². The van der Waals surface area contributed by atoms with Crippen LogP contribution in [0.15, 0.2) is 113 Å². The molecule has 6 rings (SSSR count). The quantitative estimate of drug-likeness (QED) is 0.0654. The number of nitrogens with one attached hydrogen (secondary N) is 1. The van der Waals surface area contributed by atoms with Gasteiger partial charge in [0.1, 0.15) is 23.0 Å². The third kappa shape index (κ3) is 11.0. The average Bonchev–Trinajstić information content (AvgIpc) is 3.79. The van der Waals surface area contributed by atoms with E-state index in [2.05, 4.69) is 41.7 Å². The fourth-order valence-electron chi connectivity index (χ4n) is 6.62. The molecule has 0 saturated heterocycles. The largest absolute Gasteiger partial charge is 0.493 e. The number of aliphatic carboxylic acids is 2. The second-order valence-electron chi connectivity index (χ2n) is 13.9. The van der Waals surface area contributed by atoms with Crippen LogP contribution in [-0.4, -0.2) is 65.8 Å². The van der Waals surface area contributed by atoms with Crippen molar-refractivity contribution < 1.29 is 47.9 Å². The van der Waals surface area contributed by atoms with Gasteiger partial charge in [-0.05, 0) is 86.3 Å². The van der Waals surface area contributed by atoms with Crippen molar-refractivity contribution in [1.29, 1.82) is 0 Å². The molecular weight excluding hydrogens is 741 g/mol. The van der Waals surface area contributed by atoms with Crippen molar-refractivity contribution in [3.8, 4) is 34.1 Å². The monoisotopic (exact) mass is 790 g/mol. The molecule has 0 amide bonds. The topological polar surface area (TPSA) is 159 Å². The smallest absolute Gasteiger partial charge is 0.333 e. The van der Waals surface area contributed by atoms with Gasteiger partial charge >= 0.3 is 11.9 Å². The van der Waals surface area contributed by atoms with Crippen LogP contribution in [0.25, 0.3) is 22.6 Å². The van der Waals surface area contributed by atoms with Crippen molar-refractivity contribution >= 4 is 11.9 Å². The molecule has 12 nitrogen and oxygen atoms in total. The third-order valence-electron chi connectivity index (χ3n) is 9.80. The zero-order valence-electron chi connectivity index (χ0n) is 33.2. The van der Waals surface area contributed by atoms with Gasteiger partial charge in [-0.2, -0.15) is 0 Å². The SMILES string of the molecule is CCOC(Cc1ccc(OCCC2=C(C)OC(c3ccc(-c4ccc(-c5nc(CCOc6ccc(CC(OCC)C(=O)O)cc6)c(C)o5)cc4)cc3)N2)cc1)C(=O)O. The fourth-order valence-corrected chi connectivity index (χ4v) is 6.62. The summed E-state index contributed by atoms with van der Waals surface area (Å²) >= 11 is 0. The lowest BCUT2D eigenvalue weighted by molar-refractivity contribution is -0.150. The molecule has 3 atom stereocenters. The Kier molecular flexibility index (Phi) is 14.2. The van der Waals surface area contributed by atoms with Gasteiger partial charge in [0, 0.05) is 50.0 Å². The Bertz CT molecular complexity index is 2140. The minimum atomic E-state index is -0.974. The highest BCUT2D eigenvalue weighted by Gasteiger charge is 2.24. The lowest BCUT2D eigenvalue weighted by Crippen LogP contribution is -2.26. The minimum Gasteiger partial charge on any atom is -0.493 e.